The summed E-state index contributed by atoms with van der Waals surface area (Å²) in [6, 6.07) is 21.7. The van der Waals surface area contributed by atoms with Gasteiger partial charge in [-0.05, 0) is 61.1 Å². The van der Waals surface area contributed by atoms with Crippen molar-refractivity contribution in [1.82, 2.24) is 0 Å². The van der Waals surface area contributed by atoms with Gasteiger partial charge in [-0.1, -0.05) is 153 Å². The first-order valence-corrected chi connectivity index (χ1v) is 19.0. The summed E-state index contributed by atoms with van der Waals surface area (Å²) in [5.41, 5.74) is 4.15. The van der Waals surface area contributed by atoms with E-state index >= 15 is 0 Å². The second-order valence-electron chi connectivity index (χ2n) is 13.7. The van der Waals surface area contributed by atoms with Crippen molar-refractivity contribution in [2.24, 2.45) is 0 Å². The molecular weight excluding hydrogens is 576 g/mol. The standard InChI is InChI=1S/C44H62O3/c1-5-9-13-21-33-45-41-27-31-43(29-11-7-3,35-39(41)37-23-17-15-18-24-37)47-44(30-12-8-4)32-28-42(46-34-22-14-10-6-2)40(36-44)38-25-19-16-20-26-38/h15-20,23-28,31-32H,5-14,21-22,29-30,33-36H2,1-4H3/t43-,44-/m1/s1. The van der Waals surface area contributed by atoms with Crippen molar-refractivity contribution in [2.75, 3.05) is 13.2 Å². The summed E-state index contributed by atoms with van der Waals surface area (Å²) in [6.45, 7) is 10.6. The van der Waals surface area contributed by atoms with Gasteiger partial charge in [0.05, 0.1) is 24.4 Å². The number of allylic oxidation sites excluding steroid dienone is 2. The summed E-state index contributed by atoms with van der Waals surface area (Å²) in [7, 11) is 0. The minimum Gasteiger partial charge on any atom is -0.493 e. The van der Waals surface area contributed by atoms with E-state index in [4.69, 9.17) is 14.2 Å². The van der Waals surface area contributed by atoms with Gasteiger partial charge in [-0.2, -0.15) is 0 Å². The van der Waals surface area contributed by atoms with Gasteiger partial charge >= 0.3 is 0 Å². The van der Waals surface area contributed by atoms with Crippen LogP contribution in [0.5, 0.6) is 0 Å². The third kappa shape index (κ3) is 11.0. The summed E-state index contributed by atoms with van der Waals surface area (Å²) in [6.07, 6.45) is 26.8. The maximum Gasteiger partial charge on any atom is 0.122 e. The van der Waals surface area contributed by atoms with Gasteiger partial charge < -0.3 is 14.2 Å². The molecule has 3 heteroatoms. The lowest BCUT2D eigenvalue weighted by Gasteiger charge is -2.45. The molecule has 0 radical (unpaired) electrons. The van der Waals surface area contributed by atoms with Gasteiger partial charge in [0.25, 0.3) is 0 Å². The fourth-order valence-corrected chi connectivity index (χ4v) is 6.95. The number of hydrogen-bond donors (Lipinski definition) is 0. The molecule has 0 N–H and O–H groups in total. The summed E-state index contributed by atoms with van der Waals surface area (Å²) in [4.78, 5) is 0. The lowest BCUT2D eigenvalue weighted by molar-refractivity contribution is -0.114. The monoisotopic (exact) mass is 638 g/mol. The Balaban J connectivity index is 1.67. The van der Waals surface area contributed by atoms with Crippen LogP contribution in [0.2, 0.25) is 0 Å². The molecule has 2 aliphatic rings. The molecule has 0 bridgehead atoms. The second-order valence-corrected chi connectivity index (χ2v) is 13.7. The van der Waals surface area contributed by atoms with Gasteiger partial charge in [0.1, 0.15) is 11.5 Å². The Morgan fingerprint density at radius 3 is 1.28 bits per heavy atom. The zero-order valence-electron chi connectivity index (χ0n) is 30.0. The van der Waals surface area contributed by atoms with Crippen molar-refractivity contribution in [3.63, 3.8) is 0 Å². The van der Waals surface area contributed by atoms with Gasteiger partial charge in [0.2, 0.25) is 0 Å². The first-order valence-electron chi connectivity index (χ1n) is 19.0. The highest BCUT2D eigenvalue weighted by Gasteiger charge is 2.43. The summed E-state index contributed by atoms with van der Waals surface area (Å²) in [5, 5.41) is 0. The average Bonchev–Trinajstić information content (AvgIpc) is 3.11. The second kappa shape index (κ2) is 19.7. The molecule has 2 atom stereocenters. The van der Waals surface area contributed by atoms with Crippen LogP contribution in [-0.4, -0.2) is 24.4 Å². The molecule has 0 saturated carbocycles. The predicted molar refractivity (Wildman–Crippen MR) is 200 cm³/mol. The third-order valence-corrected chi connectivity index (χ3v) is 9.69. The maximum absolute atomic E-state index is 7.67. The van der Waals surface area contributed by atoms with Gasteiger partial charge in [0.15, 0.2) is 0 Å². The van der Waals surface area contributed by atoms with Gasteiger partial charge in [-0.15, -0.1) is 0 Å². The smallest absolute Gasteiger partial charge is 0.122 e. The number of hydrogen-bond acceptors (Lipinski definition) is 3. The van der Waals surface area contributed by atoms with Crippen LogP contribution < -0.4 is 0 Å². The van der Waals surface area contributed by atoms with Crippen LogP contribution in [0.25, 0.3) is 11.1 Å². The highest BCUT2D eigenvalue weighted by molar-refractivity contribution is 5.73. The molecule has 0 unspecified atom stereocenters. The molecule has 4 rings (SSSR count). The van der Waals surface area contributed by atoms with Crippen molar-refractivity contribution in [3.8, 4) is 0 Å². The molecule has 2 aliphatic carbocycles. The minimum atomic E-state index is -0.422. The molecule has 0 aromatic heterocycles. The largest absolute Gasteiger partial charge is 0.493 e. The van der Waals surface area contributed by atoms with E-state index in [9.17, 15) is 0 Å². The molecule has 3 nitrogen and oxygen atoms in total. The van der Waals surface area contributed by atoms with E-state index in [1.807, 2.05) is 0 Å². The fourth-order valence-electron chi connectivity index (χ4n) is 6.95. The SMILES string of the molecule is CCCCCCOC1=C(c2ccccc2)C[C@](CCCC)(O[C@]2(CCCC)C=CC(OCCCCCC)=C(c3ccccc3)C2)C=C1. The Morgan fingerprint density at radius 2 is 0.894 bits per heavy atom. The minimum absolute atomic E-state index is 0.422. The van der Waals surface area contributed by atoms with Crippen LogP contribution in [0, 0.1) is 0 Å². The van der Waals surface area contributed by atoms with Gasteiger partial charge in [0, 0.05) is 24.0 Å². The van der Waals surface area contributed by atoms with E-state index in [2.05, 4.69) is 113 Å². The van der Waals surface area contributed by atoms with Gasteiger partial charge in [-0.25, -0.2) is 0 Å². The van der Waals surface area contributed by atoms with Crippen LogP contribution >= 0.6 is 0 Å². The topological polar surface area (TPSA) is 27.7 Å². The zero-order chi connectivity index (χ0) is 33.2. The molecule has 0 aliphatic heterocycles. The fraction of sp³-hybridized carbons (Fsp3) is 0.545. The quantitative estimate of drug-likeness (QED) is 0.120. The van der Waals surface area contributed by atoms with E-state index in [-0.39, 0.29) is 0 Å². The molecule has 0 saturated heterocycles. The molecule has 0 amide bonds. The van der Waals surface area contributed by atoms with Crippen molar-refractivity contribution >= 4 is 11.1 Å². The van der Waals surface area contributed by atoms with E-state index < -0.39 is 11.2 Å². The normalized spacial score (nSPS) is 21.0. The Kier molecular flexibility index (Phi) is 15.4. The molecule has 0 heterocycles. The first kappa shape index (κ1) is 36.8. The van der Waals surface area contributed by atoms with Crippen LogP contribution in [0.1, 0.15) is 142 Å². The highest BCUT2D eigenvalue weighted by Crippen LogP contribution is 2.47. The molecule has 0 spiro atoms. The maximum atomic E-state index is 7.67. The Bertz CT molecular complexity index is 1200. The van der Waals surface area contributed by atoms with E-state index in [1.165, 1.54) is 60.8 Å². The molecule has 256 valence electrons. The highest BCUT2D eigenvalue weighted by atomic mass is 16.5. The number of rotatable bonds is 22. The first-order chi connectivity index (χ1) is 23.1. The van der Waals surface area contributed by atoms with Crippen LogP contribution in [-0.2, 0) is 14.2 Å². The molecule has 2 aromatic rings. The number of unbranched alkanes of at least 4 members (excludes halogenated alkanes) is 8. The van der Waals surface area contributed by atoms with E-state index in [0.717, 1.165) is 88.9 Å². The van der Waals surface area contributed by atoms with Crippen LogP contribution in [0.3, 0.4) is 0 Å². The Labute approximate surface area is 287 Å². The Hall–Kier alpha value is -3.04. The average molecular weight is 639 g/mol. The lowest BCUT2D eigenvalue weighted by Crippen LogP contribution is -2.45. The molecule has 47 heavy (non-hydrogen) atoms. The van der Waals surface area contributed by atoms with Gasteiger partial charge in [-0.3, -0.25) is 0 Å². The summed E-state index contributed by atoms with van der Waals surface area (Å²) >= 11 is 0. The third-order valence-electron chi connectivity index (χ3n) is 9.69. The predicted octanol–water partition coefficient (Wildman–Crippen LogP) is 12.8. The van der Waals surface area contributed by atoms with Crippen LogP contribution in [0.15, 0.2) is 96.5 Å². The number of benzene rings is 2. The molecule has 0 fully saturated rings. The summed E-state index contributed by atoms with van der Waals surface area (Å²) < 4.78 is 20.7. The van der Waals surface area contributed by atoms with E-state index in [1.54, 1.807) is 0 Å². The van der Waals surface area contributed by atoms with Crippen molar-refractivity contribution in [3.05, 3.63) is 108 Å². The molecular formula is C44H62O3. The van der Waals surface area contributed by atoms with Crippen molar-refractivity contribution < 1.29 is 14.2 Å². The summed E-state index contributed by atoms with van der Waals surface area (Å²) in [5.74, 6) is 2.02. The van der Waals surface area contributed by atoms with Crippen molar-refractivity contribution in [1.29, 1.82) is 0 Å². The van der Waals surface area contributed by atoms with Crippen LogP contribution in [0.4, 0.5) is 0 Å². The number of ether oxygens (including phenoxy) is 3. The Morgan fingerprint density at radius 1 is 0.489 bits per heavy atom. The van der Waals surface area contributed by atoms with E-state index in [0.29, 0.717) is 0 Å². The molecule has 2 aromatic carbocycles. The van der Waals surface area contributed by atoms with Crippen molar-refractivity contribution in [2.45, 2.75) is 142 Å². The lowest BCUT2D eigenvalue weighted by atomic mass is 9.78. The zero-order valence-corrected chi connectivity index (χ0v) is 30.0.